The number of rotatable bonds is 17. The van der Waals surface area contributed by atoms with Gasteiger partial charge in [0, 0.05) is 6.42 Å². The molecular formula is C33H61NO5Si2. The maximum Gasteiger partial charge on any atom is 0.326 e. The summed E-state index contributed by atoms with van der Waals surface area (Å²) in [7, 11) is -4.51. The van der Waals surface area contributed by atoms with Crippen LogP contribution in [0, 0.1) is 5.92 Å². The van der Waals surface area contributed by atoms with E-state index in [-0.39, 0.29) is 11.8 Å². The molecule has 1 rings (SSSR count). The van der Waals surface area contributed by atoms with Gasteiger partial charge in [0.2, 0.25) is 14.2 Å². The Bertz CT molecular complexity index is 913. The standard InChI is InChI=1S/C33H61NO5Si2/c1-21(2)19-30(33(36)37)34-32(35)31(39-41(25(9)10,26(11)12)27(13)14)20-28-15-17-29(18-16-28)38-40(22(3)4,23(5)6)24(7)8/h15-18,21-27,30-31H,19-20H2,1-14H3,(H,34,35)(H,36,37)/t30-,31-/m1/s1. The Balaban J connectivity index is 3.45. The zero-order chi connectivity index (χ0) is 31.9. The van der Waals surface area contributed by atoms with Crippen molar-refractivity contribution in [2.24, 2.45) is 5.92 Å². The molecule has 0 saturated heterocycles. The number of aliphatic carboxylic acids is 1. The van der Waals surface area contributed by atoms with Gasteiger partial charge in [0.1, 0.15) is 17.9 Å². The number of carbonyl (C=O) groups excluding carboxylic acids is 1. The van der Waals surface area contributed by atoms with E-state index in [1.807, 2.05) is 38.1 Å². The maximum atomic E-state index is 13.8. The van der Waals surface area contributed by atoms with Crippen LogP contribution in [0.25, 0.3) is 0 Å². The predicted octanol–water partition coefficient (Wildman–Crippen LogP) is 8.96. The number of benzene rings is 1. The quantitative estimate of drug-likeness (QED) is 0.173. The van der Waals surface area contributed by atoms with Gasteiger partial charge in [-0.25, -0.2) is 4.79 Å². The maximum absolute atomic E-state index is 13.8. The average molecular weight is 608 g/mol. The third kappa shape index (κ3) is 9.17. The summed E-state index contributed by atoms with van der Waals surface area (Å²) in [6.45, 7) is 30.8. The smallest absolute Gasteiger partial charge is 0.326 e. The second-order valence-corrected chi connectivity index (χ2v) is 25.0. The lowest BCUT2D eigenvalue weighted by atomic mass is 10.0. The molecule has 0 heterocycles. The Kier molecular flexibility index (Phi) is 14.3. The number of carboxylic acid groups (broad SMARTS) is 1. The molecule has 2 atom stereocenters. The first-order chi connectivity index (χ1) is 18.8. The molecule has 0 saturated carbocycles. The second-order valence-electron chi connectivity index (χ2n) is 14.2. The molecular weight excluding hydrogens is 547 g/mol. The van der Waals surface area contributed by atoms with E-state index >= 15 is 0 Å². The van der Waals surface area contributed by atoms with Crippen LogP contribution >= 0.6 is 0 Å². The van der Waals surface area contributed by atoms with Crippen LogP contribution in [0.4, 0.5) is 0 Å². The highest BCUT2D eigenvalue weighted by Gasteiger charge is 2.48. The van der Waals surface area contributed by atoms with Gasteiger partial charge in [-0.2, -0.15) is 0 Å². The molecule has 0 aliphatic rings. The number of nitrogens with one attached hydrogen (secondary N) is 1. The largest absolute Gasteiger partial charge is 0.543 e. The van der Waals surface area contributed by atoms with Crippen molar-refractivity contribution < 1.29 is 23.5 Å². The lowest BCUT2D eigenvalue weighted by Gasteiger charge is -2.44. The van der Waals surface area contributed by atoms with Crippen LogP contribution in [0.1, 0.15) is 109 Å². The van der Waals surface area contributed by atoms with E-state index in [2.05, 4.69) is 88.4 Å². The van der Waals surface area contributed by atoms with Gasteiger partial charge in [-0.1, -0.05) is 109 Å². The van der Waals surface area contributed by atoms with E-state index in [4.69, 9.17) is 8.85 Å². The summed E-state index contributed by atoms with van der Waals surface area (Å²) in [4.78, 5) is 25.8. The third-order valence-electron chi connectivity index (χ3n) is 9.01. The molecule has 2 N–H and O–H groups in total. The molecule has 1 aromatic rings. The van der Waals surface area contributed by atoms with Crippen molar-refractivity contribution in [1.29, 1.82) is 0 Å². The first-order valence-corrected chi connectivity index (χ1v) is 20.1. The number of amides is 1. The first kappa shape index (κ1) is 37.4. The van der Waals surface area contributed by atoms with E-state index < -0.39 is 34.7 Å². The molecule has 0 unspecified atom stereocenters. The number of carboxylic acids is 1. The van der Waals surface area contributed by atoms with Crippen molar-refractivity contribution in [3.63, 3.8) is 0 Å². The number of hydrogen-bond donors (Lipinski definition) is 2. The Morgan fingerprint density at radius 2 is 1.12 bits per heavy atom. The van der Waals surface area contributed by atoms with Crippen LogP contribution in [0.5, 0.6) is 5.75 Å². The van der Waals surface area contributed by atoms with Crippen molar-refractivity contribution in [3.05, 3.63) is 29.8 Å². The third-order valence-corrected chi connectivity index (χ3v) is 21.1. The van der Waals surface area contributed by atoms with Crippen LogP contribution in [0.2, 0.25) is 33.2 Å². The van der Waals surface area contributed by atoms with Gasteiger partial charge in [-0.05, 0) is 63.3 Å². The molecule has 0 radical (unpaired) electrons. The average Bonchev–Trinajstić information content (AvgIpc) is 2.83. The Morgan fingerprint density at radius 3 is 1.46 bits per heavy atom. The van der Waals surface area contributed by atoms with Gasteiger partial charge in [0.15, 0.2) is 0 Å². The summed E-state index contributed by atoms with van der Waals surface area (Å²) in [6, 6.07) is 7.17. The fraction of sp³-hybridized carbons (Fsp3) is 0.758. The summed E-state index contributed by atoms with van der Waals surface area (Å²) in [5.74, 6) is -0.350. The van der Waals surface area contributed by atoms with Crippen LogP contribution in [-0.2, 0) is 20.4 Å². The molecule has 0 aliphatic heterocycles. The highest BCUT2D eigenvalue weighted by atomic mass is 28.4. The normalized spacial score (nSPS) is 14.6. The minimum absolute atomic E-state index is 0.136. The zero-order valence-corrected chi connectivity index (χ0v) is 30.5. The molecule has 6 nitrogen and oxygen atoms in total. The molecule has 0 spiro atoms. The van der Waals surface area contributed by atoms with E-state index in [1.165, 1.54) is 0 Å². The van der Waals surface area contributed by atoms with Gasteiger partial charge in [0.05, 0.1) is 0 Å². The van der Waals surface area contributed by atoms with Crippen molar-refractivity contribution >= 4 is 28.5 Å². The second kappa shape index (κ2) is 15.7. The molecule has 0 aliphatic carbocycles. The number of hydrogen-bond acceptors (Lipinski definition) is 4. The van der Waals surface area contributed by atoms with Gasteiger partial charge in [-0.3, -0.25) is 4.79 Å². The Hall–Kier alpha value is -1.65. The number of carbonyl (C=O) groups is 2. The lowest BCUT2D eigenvalue weighted by Crippen LogP contribution is -2.55. The first-order valence-electron chi connectivity index (χ1n) is 15.8. The topological polar surface area (TPSA) is 84.9 Å². The van der Waals surface area contributed by atoms with Gasteiger partial charge in [-0.15, -0.1) is 0 Å². The monoisotopic (exact) mass is 607 g/mol. The summed E-state index contributed by atoms with van der Waals surface area (Å²) < 4.78 is 13.8. The van der Waals surface area contributed by atoms with Gasteiger partial charge < -0.3 is 19.3 Å². The van der Waals surface area contributed by atoms with Crippen LogP contribution in [0.15, 0.2) is 24.3 Å². The summed E-state index contributed by atoms with van der Waals surface area (Å²) in [5.41, 5.74) is 3.26. The molecule has 1 amide bonds. The summed E-state index contributed by atoms with van der Waals surface area (Å²) in [5, 5.41) is 12.6. The molecule has 1 aromatic carbocycles. The lowest BCUT2D eigenvalue weighted by molar-refractivity contribution is -0.143. The minimum Gasteiger partial charge on any atom is -0.543 e. The molecule has 0 aromatic heterocycles. The van der Waals surface area contributed by atoms with Crippen LogP contribution in [0.3, 0.4) is 0 Å². The minimum atomic E-state index is -2.43. The van der Waals surface area contributed by atoms with Crippen LogP contribution in [-0.4, -0.2) is 45.8 Å². The highest BCUT2D eigenvalue weighted by Crippen LogP contribution is 2.44. The molecule has 8 heteroatoms. The van der Waals surface area contributed by atoms with E-state index in [0.717, 1.165) is 11.3 Å². The predicted molar refractivity (Wildman–Crippen MR) is 177 cm³/mol. The van der Waals surface area contributed by atoms with Gasteiger partial charge in [0.25, 0.3) is 8.32 Å². The van der Waals surface area contributed by atoms with E-state index in [9.17, 15) is 14.7 Å². The highest BCUT2D eigenvalue weighted by molar-refractivity contribution is 6.78. The Morgan fingerprint density at radius 1 is 0.707 bits per heavy atom. The molecule has 236 valence electrons. The van der Waals surface area contributed by atoms with E-state index in [0.29, 0.717) is 46.1 Å². The summed E-state index contributed by atoms with van der Waals surface area (Å²) in [6.07, 6.45) is -0.0267. The Labute approximate surface area is 253 Å². The van der Waals surface area contributed by atoms with E-state index in [1.54, 1.807) is 0 Å². The fourth-order valence-electron chi connectivity index (χ4n) is 7.27. The SMILES string of the molecule is CC(C)C[C@@H](NC(=O)[C@@H](Cc1ccc(O[Si](C(C)C)(C(C)C)C(C)C)cc1)O[Si](C(C)C)(C(C)C)C(C)C)C(=O)O. The van der Waals surface area contributed by atoms with Crippen LogP contribution < -0.4 is 9.74 Å². The van der Waals surface area contributed by atoms with Crippen molar-refractivity contribution in [2.45, 2.75) is 155 Å². The zero-order valence-electron chi connectivity index (χ0n) is 28.5. The molecule has 41 heavy (non-hydrogen) atoms. The molecule has 0 fully saturated rings. The summed E-state index contributed by atoms with van der Waals surface area (Å²) >= 11 is 0. The van der Waals surface area contributed by atoms with Gasteiger partial charge >= 0.3 is 5.97 Å². The molecule has 0 bridgehead atoms. The van der Waals surface area contributed by atoms with Crippen molar-refractivity contribution in [3.8, 4) is 5.75 Å². The van der Waals surface area contributed by atoms with Crippen molar-refractivity contribution in [2.75, 3.05) is 0 Å². The van der Waals surface area contributed by atoms with Crippen molar-refractivity contribution in [1.82, 2.24) is 5.32 Å². The fourth-order valence-corrected chi connectivity index (χ4v) is 18.0.